The van der Waals surface area contributed by atoms with Crippen LogP contribution in [0.1, 0.15) is 60.8 Å². The highest BCUT2D eigenvalue weighted by Gasteiger charge is 2.14. The number of alkyl halides is 1. The van der Waals surface area contributed by atoms with Crippen LogP contribution in [0.15, 0.2) is 24.3 Å². The summed E-state index contributed by atoms with van der Waals surface area (Å²) in [6.45, 7) is 2.54. The Morgan fingerprint density at radius 3 is 2.71 bits per heavy atom. The minimum Gasteiger partial charge on any atom is -0.491 e. The van der Waals surface area contributed by atoms with Gasteiger partial charge in [-0.3, -0.25) is 9.48 Å². The second kappa shape index (κ2) is 11.7. The smallest absolute Gasteiger partial charge is 0.269 e. The largest absolute Gasteiger partial charge is 0.491 e. The number of hydrogen-bond donors (Lipinski definition) is 1. The number of aryl methyl sites for hydroxylation is 2. The first-order valence-electron chi connectivity index (χ1n) is 9.84. The SMILES string of the molecule is CCc1cc(C(=O)NCc2cccc(OCCCCCCCCl)c2F)n(C)n1. The lowest BCUT2D eigenvalue weighted by molar-refractivity contribution is 0.0941. The summed E-state index contributed by atoms with van der Waals surface area (Å²) in [6, 6.07) is 6.75. The fraction of sp³-hybridized carbons (Fsp3) is 0.524. The maximum absolute atomic E-state index is 14.6. The Morgan fingerprint density at radius 1 is 1.25 bits per heavy atom. The third-order valence-electron chi connectivity index (χ3n) is 4.54. The minimum absolute atomic E-state index is 0.0902. The Balaban J connectivity index is 1.84. The number of nitrogens with one attached hydrogen (secondary N) is 1. The number of halogens is 2. The molecule has 0 bridgehead atoms. The molecule has 1 amide bonds. The van der Waals surface area contributed by atoms with E-state index in [9.17, 15) is 9.18 Å². The first kappa shape index (κ1) is 22.2. The zero-order valence-electron chi connectivity index (χ0n) is 16.6. The van der Waals surface area contributed by atoms with Gasteiger partial charge in [0.05, 0.1) is 12.3 Å². The van der Waals surface area contributed by atoms with Gasteiger partial charge >= 0.3 is 0 Å². The average Bonchev–Trinajstić information content (AvgIpc) is 3.08. The lowest BCUT2D eigenvalue weighted by atomic mass is 10.1. The fourth-order valence-corrected chi connectivity index (χ4v) is 3.08. The molecule has 2 aromatic rings. The van der Waals surface area contributed by atoms with E-state index in [-0.39, 0.29) is 18.2 Å². The van der Waals surface area contributed by atoms with Gasteiger partial charge in [-0.15, -0.1) is 11.6 Å². The van der Waals surface area contributed by atoms with Crippen molar-refractivity contribution in [1.82, 2.24) is 15.1 Å². The van der Waals surface area contributed by atoms with E-state index < -0.39 is 5.82 Å². The van der Waals surface area contributed by atoms with Crippen molar-refractivity contribution >= 4 is 17.5 Å². The van der Waals surface area contributed by atoms with Crippen molar-refractivity contribution in [1.29, 1.82) is 0 Å². The van der Waals surface area contributed by atoms with Gasteiger partial charge in [0.1, 0.15) is 5.69 Å². The van der Waals surface area contributed by atoms with Crippen LogP contribution < -0.4 is 10.1 Å². The first-order valence-corrected chi connectivity index (χ1v) is 10.4. The molecular formula is C21H29ClFN3O2. The van der Waals surface area contributed by atoms with E-state index in [2.05, 4.69) is 10.4 Å². The Morgan fingerprint density at radius 2 is 2.00 bits per heavy atom. The molecule has 0 atom stereocenters. The molecule has 1 heterocycles. The minimum atomic E-state index is -0.427. The van der Waals surface area contributed by atoms with Crippen LogP contribution in [0.25, 0.3) is 0 Å². The molecule has 0 fully saturated rings. The highest BCUT2D eigenvalue weighted by atomic mass is 35.5. The van der Waals surface area contributed by atoms with Crippen molar-refractivity contribution < 1.29 is 13.9 Å². The number of carbonyl (C=O) groups is 1. The van der Waals surface area contributed by atoms with Gasteiger partial charge in [0.25, 0.3) is 5.91 Å². The van der Waals surface area contributed by atoms with Crippen LogP contribution in [0.4, 0.5) is 4.39 Å². The normalized spacial score (nSPS) is 10.9. The highest BCUT2D eigenvalue weighted by molar-refractivity contribution is 6.17. The van der Waals surface area contributed by atoms with Crippen molar-refractivity contribution in [3.8, 4) is 5.75 Å². The molecule has 7 heteroatoms. The summed E-state index contributed by atoms with van der Waals surface area (Å²) in [5.74, 6) is 0.216. The number of hydrogen-bond acceptors (Lipinski definition) is 3. The van der Waals surface area contributed by atoms with Gasteiger partial charge in [-0.2, -0.15) is 5.10 Å². The molecule has 0 unspecified atom stereocenters. The molecule has 0 saturated heterocycles. The van der Waals surface area contributed by atoms with E-state index >= 15 is 0 Å². The molecule has 5 nitrogen and oxygen atoms in total. The monoisotopic (exact) mass is 409 g/mol. The maximum Gasteiger partial charge on any atom is 0.269 e. The lowest BCUT2D eigenvalue weighted by Gasteiger charge is -2.11. The van der Waals surface area contributed by atoms with Gasteiger partial charge in [0.2, 0.25) is 0 Å². The predicted octanol–water partition coefficient (Wildman–Crippen LogP) is 4.62. The number of amides is 1. The number of unbranched alkanes of at least 4 members (excludes halogenated alkanes) is 4. The number of carbonyl (C=O) groups excluding carboxylic acids is 1. The van der Waals surface area contributed by atoms with Gasteiger partial charge in [-0.1, -0.05) is 38.3 Å². The van der Waals surface area contributed by atoms with Crippen LogP contribution in [0.2, 0.25) is 0 Å². The van der Waals surface area contributed by atoms with Crippen molar-refractivity contribution in [3.05, 3.63) is 47.0 Å². The average molecular weight is 410 g/mol. The number of aromatic nitrogens is 2. The van der Waals surface area contributed by atoms with Gasteiger partial charge in [0.15, 0.2) is 11.6 Å². The Labute approximate surface area is 171 Å². The Bertz CT molecular complexity index is 764. The molecule has 1 aromatic heterocycles. The molecule has 2 rings (SSSR count). The summed E-state index contributed by atoms with van der Waals surface area (Å²) in [6.07, 6.45) is 5.93. The van der Waals surface area contributed by atoms with E-state index in [1.165, 1.54) is 4.68 Å². The quantitative estimate of drug-likeness (QED) is 0.411. The molecule has 1 N–H and O–H groups in total. The molecule has 0 aliphatic rings. The predicted molar refractivity (Wildman–Crippen MR) is 109 cm³/mol. The van der Waals surface area contributed by atoms with Crippen molar-refractivity contribution in [3.63, 3.8) is 0 Å². The highest BCUT2D eigenvalue weighted by Crippen LogP contribution is 2.21. The zero-order chi connectivity index (χ0) is 20.4. The molecular weight excluding hydrogens is 381 g/mol. The summed E-state index contributed by atoms with van der Waals surface area (Å²) in [4.78, 5) is 12.3. The molecule has 28 heavy (non-hydrogen) atoms. The first-order chi connectivity index (χ1) is 13.6. The second-order valence-electron chi connectivity index (χ2n) is 6.72. The van der Waals surface area contributed by atoms with Crippen LogP contribution in [0, 0.1) is 5.82 Å². The number of benzene rings is 1. The maximum atomic E-state index is 14.6. The number of nitrogens with zero attached hydrogens (tertiary/aromatic N) is 2. The third-order valence-corrected chi connectivity index (χ3v) is 4.81. The van der Waals surface area contributed by atoms with Crippen LogP contribution in [-0.4, -0.2) is 28.2 Å². The summed E-state index contributed by atoms with van der Waals surface area (Å²) in [5, 5.41) is 7.01. The molecule has 0 spiro atoms. The molecule has 0 saturated carbocycles. The zero-order valence-corrected chi connectivity index (χ0v) is 17.4. The molecule has 0 radical (unpaired) electrons. The van der Waals surface area contributed by atoms with Crippen molar-refractivity contribution in [2.24, 2.45) is 7.05 Å². The van der Waals surface area contributed by atoms with E-state index in [0.717, 1.165) is 44.2 Å². The standard InChI is InChI=1S/C21H29ClFN3O2/c1-3-17-14-18(26(2)25-17)21(27)24-15-16-10-9-11-19(20(16)23)28-13-8-6-4-5-7-12-22/h9-11,14H,3-8,12-13,15H2,1-2H3,(H,24,27). The van der Waals surface area contributed by atoms with Crippen molar-refractivity contribution in [2.75, 3.05) is 12.5 Å². The third kappa shape index (κ3) is 6.51. The van der Waals surface area contributed by atoms with Gasteiger partial charge in [-0.05, 0) is 31.4 Å². The fourth-order valence-electron chi connectivity index (χ4n) is 2.89. The molecule has 0 aliphatic carbocycles. The van der Waals surface area contributed by atoms with Crippen LogP contribution in [0.5, 0.6) is 5.75 Å². The van der Waals surface area contributed by atoms with E-state index in [1.54, 1.807) is 31.3 Å². The van der Waals surface area contributed by atoms with Gasteiger partial charge in [0, 0.05) is 25.0 Å². The lowest BCUT2D eigenvalue weighted by Crippen LogP contribution is -2.25. The van der Waals surface area contributed by atoms with Gasteiger partial charge in [-0.25, -0.2) is 4.39 Å². The summed E-state index contributed by atoms with van der Waals surface area (Å²) in [5.41, 5.74) is 1.70. The van der Waals surface area contributed by atoms with Gasteiger partial charge < -0.3 is 10.1 Å². The number of ether oxygens (including phenoxy) is 1. The van der Waals surface area contributed by atoms with E-state index in [0.29, 0.717) is 23.7 Å². The summed E-state index contributed by atoms with van der Waals surface area (Å²) >= 11 is 5.65. The van der Waals surface area contributed by atoms with E-state index in [1.807, 2.05) is 6.92 Å². The Hall–Kier alpha value is -2.08. The van der Waals surface area contributed by atoms with Crippen LogP contribution in [-0.2, 0) is 20.0 Å². The Kier molecular flexibility index (Phi) is 9.28. The van der Waals surface area contributed by atoms with Crippen LogP contribution >= 0.6 is 11.6 Å². The molecule has 0 aliphatic heterocycles. The second-order valence-corrected chi connectivity index (χ2v) is 7.09. The number of rotatable bonds is 12. The van der Waals surface area contributed by atoms with E-state index in [4.69, 9.17) is 16.3 Å². The van der Waals surface area contributed by atoms with Crippen LogP contribution in [0.3, 0.4) is 0 Å². The molecule has 154 valence electrons. The topological polar surface area (TPSA) is 56.1 Å². The summed E-state index contributed by atoms with van der Waals surface area (Å²) in [7, 11) is 1.72. The van der Waals surface area contributed by atoms with Crippen molar-refractivity contribution in [2.45, 2.75) is 52.0 Å². The summed E-state index contributed by atoms with van der Waals surface area (Å²) < 4.78 is 21.8. The molecule has 1 aromatic carbocycles.